The number of ketones is 2. The number of halogens is 1. The molecule has 3 saturated carbocycles. The number of allylic oxidation sites excluding steroid dienone is 4. The molecule has 0 aromatic carbocycles. The van der Waals surface area contributed by atoms with E-state index in [1.807, 2.05) is 6.92 Å². The van der Waals surface area contributed by atoms with E-state index in [0.29, 0.717) is 24.8 Å². The maximum absolute atomic E-state index is 17.4. The highest BCUT2D eigenvalue weighted by Crippen LogP contribution is 2.75. The van der Waals surface area contributed by atoms with Gasteiger partial charge in [0.1, 0.15) is 5.60 Å². The van der Waals surface area contributed by atoms with Gasteiger partial charge in [0.05, 0.1) is 6.10 Å². The molecule has 0 amide bonds. The minimum Gasteiger partial charge on any atom is -0.458 e. The largest absolute Gasteiger partial charge is 0.458 e. The van der Waals surface area contributed by atoms with Crippen LogP contribution in [0.15, 0.2) is 23.8 Å². The molecule has 0 aliphatic heterocycles. The van der Waals surface area contributed by atoms with E-state index < -0.39 is 63.8 Å². The monoisotopic (exact) mass is 448 g/mol. The molecule has 176 valence electrons. The van der Waals surface area contributed by atoms with Crippen molar-refractivity contribution in [1.29, 1.82) is 0 Å². The molecule has 4 aliphatic carbocycles. The zero-order valence-electron chi connectivity index (χ0n) is 19.4. The lowest BCUT2D eigenvalue weighted by Crippen LogP contribution is -2.73. The minimum atomic E-state index is -2.07. The first-order valence-electron chi connectivity index (χ1n) is 11.4. The number of alkyl halides is 1. The van der Waals surface area contributed by atoms with E-state index in [1.54, 1.807) is 26.8 Å². The van der Waals surface area contributed by atoms with Gasteiger partial charge < -0.3 is 14.9 Å². The number of esters is 1. The Morgan fingerprint density at radius 1 is 1.25 bits per heavy atom. The summed E-state index contributed by atoms with van der Waals surface area (Å²) in [6.45, 7) is 7.72. The summed E-state index contributed by atoms with van der Waals surface area (Å²) in [6, 6.07) is 0. The first-order valence-corrected chi connectivity index (χ1v) is 11.4. The number of carbonyl (C=O) groups is 3. The van der Waals surface area contributed by atoms with Crippen molar-refractivity contribution in [3.63, 3.8) is 0 Å². The molecule has 7 heteroatoms. The van der Waals surface area contributed by atoms with Gasteiger partial charge in [0, 0.05) is 23.2 Å². The van der Waals surface area contributed by atoms with E-state index in [0.717, 1.165) is 0 Å². The molecule has 1 unspecified atom stereocenters. The lowest BCUT2D eigenvalue weighted by atomic mass is 9.39. The molecule has 2 N–H and O–H groups in total. The number of rotatable bonds is 3. The van der Waals surface area contributed by atoms with Gasteiger partial charge in [-0.1, -0.05) is 32.4 Å². The number of Topliss-reactive ketones (excluding diaryl/α,β-unsaturated/α-hetero) is 1. The van der Waals surface area contributed by atoms with Gasteiger partial charge in [-0.3, -0.25) is 14.4 Å². The Labute approximate surface area is 187 Å². The van der Waals surface area contributed by atoms with Crippen molar-refractivity contribution in [2.24, 2.45) is 28.1 Å². The van der Waals surface area contributed by atoms with Crippen LogP contribution in [0.3, 0.4) is 0 Å². The number of hydrogen-bond donors (Lipinski definition) is 2. The van der Waals surface area contributed by atoms with Gasteiger partial charge in [0.15, 0.2) is 18.1 Å². The lowest BCUT2D eigenvalue weighted by Gasteiger charge is -2.67. The van der Waals surface area contributed by atoms with Gasteiger partial charge in [-0.2, -0.15) is 0 Å². The predicted octanol–water partition coefficient (Wildman–Crippen LogP) is 2.86. The Hall–Kier alpha value is -1.86. The topological polar surface area (TPSA) is 101 Å². The zero-order valence-corrected chi connectivity index (χ0v) is 19.4. The number of aliphatic hydroxyl groups is 2. The second-order valence-electron chi connectivity index (χ2n) is 11.0. The van der Waals surface area contributed by atoms with Crippen molar-refractivity contribution in [2.45, 2.75) is 77.7 Å². The summed E-state index contributed by atoms with van der Waals surface area (Å²) in [5.41, 5.74) is -6.54. The molecule has 0 aromatic rings. The number of aliphatic hydroxyl groups excluding tert-OH is 1. The van der Waals surface area contributed by atoms with Crippen LogP contribution in [0.2, 0.25) is 0 Å². The molecule has 6 nitrogen and oxygen atoms in total. The van der Waals surface area contributed by atoms with Crippen molar-refractivity contribution in [3.8, 4) is 0 Å². The van der Waals surface area contributed by atoms with Gasteiger partial charge >= 0.3 is 5.97 Å². The standard InChI is InChI=1S/C25H33FO6/c1-14-10-18-22(4)8-6-16-11-17(28)7-9-21(16,3)25(22,26)19(29)12-23(18,5)24(14,31)20(30)13-32-15(2)27/h7,9,11,14,18-19,29,31H,6,8,10,12-13H2,1-5H3/t14?,18-,19-,21-,22-,23-,24-,25-/m0/s1. The molecule has 8 atom stereocenters. The third kappa shape index (κ3) is 2.50. The zero-order chi connectivity index (χ0) is 23.9. The smallest absolute Gasteiger partial charge is 0.303 e. The van der Waals surface area contributed by atoms with Crippen LogP contribution in [0.25, 0.3) is 0 Å². The van der Waals surface area contributed by atoms with Crippen molar-refractivity contribution >= 4 is 17.5 Å². The second-order valence-corrected chi connectivity index (χ2v) is 11.0. The Balaban J connectivity index is 1.82. The molecule has 4 rings (SSSR count). The summed E-state index contributed by atoms with van der Waals surface area (Å²) >= 11 is 0. The molecule has 0 radical (unpaired) electrons. The summed E-state index contributed by atoms with van der Waals surface area (Å²) in [6.07, 6.45) is 4.17. The Kier molecular flexibility index (Phi) is 4.97. The molecule has 32 heavy (non-hydrogen) atoms. The fourth-order valence-corrected chi connectivity index (χ4v) is 8.02. The Morgan fingerprint density at radius 3 is 2.53 bits per heavy atom. The van der Waals surface area contributed by atoms with Gasteiger partial charge in [-0.25, -0.2) is 4.39 Å². The SMILES string of the molecule is CC(=O)OCC(=O)[C@@]1(O)C(C)C[C@H]2[C@]3(C)CCC4=CC(=O)C=C[C@]4(C)[C@@]3(F)[C@@H](O)C[C@@]21C. The van der Waals surface area contributed by atoms with E-state index >= 15 is 4.39 Å². The highest BCUT2D eigenvalue weighted by molar-refractivity contribution is 6.01. The Bertz CT molecular complexity index is 956. The van der Waals surface area contributed by atoms with E-state index in [-0.39, 0.29) is 12.2 Å². The van der Waals surface area contributed by atoms with Crippen molar-refractivity contribution in [2.75, 3.05) is 6.61 Å². The maximum Gasteiger partial charge on any atom is 0.303 e. The van der Waals surface area contributed by atoms with Crippen LogP contribution in [0.5, 0.6) is 0 Å². The summed E-state index contributed by atoms with van der Waals surface area (Å²) in [4.78, 5) is 36.4. The van der Waals surface area contributed by atoms with Gasteiger partial charge in [0.25, 0.3) is 0 Å². The minimum absolute atomic E-state index is 0.110. The van der Waals surface area contributed by atoms with E-state index in [9.17, 15) is 24.6 Å². The quantitative estimate of drug-likeness (QED) is 0.644. The lowest BCUT2D eigenvalue weighted by molar-refractivity contribution is -0.255. The molecule has 3 fully saturated rings. The van der Waals surface area contributed by atoms with Crippen LogP contribution in [0.4, 0.5) is 4.39 Å². The molecule has 0 aromatic heterocycles. The molecular weight excluding hydrogens is 415 g/mol. The molecule has 0 heterocycles. The van der Waals surface area contributed by atoms with Crippen LogP contribution in [0, 0.1) is 28.1 Å². The average molecular weight is 449 g/mol. The second kappa shape index (κ2) is 6.83. The summed E-state index contributed by atoms with van der Waals surface area (Å²) in [5, 5.41) is 23.2. The van der Waals surface area contributed by atoms with E-state index in [1.165, 1.54) is 19.1 Å². The fraction of sp³-hybridized carbons (Fsp3) is 0.720. The van der Waals surface area contributed by atoms with E-state index in [4.69, 9.17) is 4.74 Å². The van der Waals surface area contributed by atoms with Crippen molar-refractivity contribution in [1.82, 2.24) is 0 Å². The van der Waals surface area contributed by atoms with Crippen LogP contribution in [-0.4, -0.2) is 51.7 Å². The normalized spacial score (nSPS) is 49.6. The number of hydrogen-bond acceptors (Lipinski definition) is 6. The van der Waals surface area contributed by atoms with Crippen LogP contribution in [-0.2, 0) is 19.1 Å². The first-order chi connectivity index (χ1) is 14.7. The third-order valence-electron chi connectivity index (χ3n) is 9.68. The number of fused-ring (bicyclic) bond motifs is 5. The molecule has 4 aliphatic rings. The Morgan fingerprint density at radius 2 is 1.91 bits per heavy atom. The average Bonchev–Trinajstić information content (AvgIpc) is 2.92. The van der Waals surface area contributed by atoms with Crippen LogP contribution < -0.4 is 0 Å². The fourth-order valence-electron chi connectivity index (χ4n) is 8.02. The summed E-state index contributed by atoms with van der Waals surface area (Å²) in [7, 11) is 0. The predicted molar refractivity (Wildman–Crippen MR) is 114 cm³/mol. The van der Waals surface area contributed by atoms with Gasteiger partial charge in [-0.05, 0) is 56.6 Å². The first kappa shape index (κ1) is 23.3. The third-order valence-corrected chi connectivity index (χ3v) is 9.68. The van der Waals surface area contributed by atoms with Crippen molar-refractivity contribution < 1.29 is 33.7 Å². The highest BCUT2D eigenvalue weighted by Gasteiger charge is 2.79. The maximum atomic E-state index is 17.4. The number of ether oxygens (including phenoxy) is 1. The summed E-state index contributed by atoms with van der Waals surface area (Å²) < 4.78 is 22.3. The van der Waals surface area contributed by atoms with E-state index in [2.05, 4.69) is 0 Å². The molecule has 0 spiro atoms. The highest BCUT2D eigenvalue weighted by atomic mass is 19.1. The van der Waals surface area contributed by atoms with Gasteiger partial charge in [0.2, 0.25) is 5.78 Å². The van der Waals surface area contributed by atoms with Crippen LogP contribution >= 0.6 is 0 Å². The summed E-state index contributed by atoms with van der Waals surface area (Å²) in [5.74, 6) is -2.31. The van der Waals surface area contributed by atoms with Crippen LogP contribution in [0.1, 0.15) is 60.3 Å². The number of carbonyl (C=O) groups excluding carboxylic acids is 3. The van der Waals surface area contributed by atoms with Gasteiger partial charge in [-0.15, -0.1) is 0 Å². The molecular formula is C25H33FO6. The molecule has 0 bridgehead atoms. The van der Waals surface area contributed by atoms with Crippen molar-refractivity contribution in [3.05, 3.63) is 23.8 Å². The molecule has 0 saturated heterocycles.